The van der Waals surface area contributed by atoms with Crippen molar-refractivity contribution in [2.45, 2.75) is 56.4 Å². The summed E-state index contributed by atoms with van der Waals surface area (Å²) < 4.78 is 44.8. The summed E-state index contributed by atoms with van der Waals surface area (Å²) in [6, 6.07) is 6.59. The Bertz CT molecular complexity index is 1050. The van der Waals surface area contributed by atoms with Crippen LogP contribution in [0, 0.1) is 0 Å². The molecule has 0 N–H and O–H groups in total. The number of aromatic nitrogens is 2. The third-order valence-electron chi connectivity index (χ3n) is 5.93. The van der Waals surface area contributed by atoms with Gasteiger partial charge in [0.05, 0.1) is 30.9 Å². The number of hydrogen-bond acceptors (Lipinski definition) is 7. The van der Waals surface area contributed by atoms with Gasteiger partial charge in [0.1, 0.15) is 17.7 Å². The fourth-order valence-electron chi connectivity index (χ4n) is 4.04. The highest BCUT2D eigenvalue weighted by Gasteiger charge is 2.31. The molecule has 0 unspecified atom stereocenters. The van der Waals surface area contributed by atoms with Crippen LogP contribution in [0.3, 0.4) is 0 Å². The van der Waals surface area contributed by atoms with Gasteiger partial charge in [-0.3, -0.25) is 0 Å². The molecule has 0 radical (unpaired) electrons. The van der Waals surface area contributed by atoms with Crippen molar-refractivity contribution in [2.24, 2.45) is 0 Å². The van der Waals surface area contributed by atoms with Gasteiger partial charge in [0.2, 0.25) is 15.9 Å². The zero-order valence-electron chi connectivity index (χ0n) is 18.9. The summed E-state index contributed by atoms with van der Waals surface area (Å²) >= 11 is 0. The first-order chi connectivity index (χ1) is 15.4. The Hall–Kier alpha value is -2.23. The van der Waals surface area contributed by atoms with Crippen LogP contribution in [0.15, 0.2) is 29.2 Å². The summed E-state index contributed by atoms with van der Waals surface area (Å²) in [5.74, 6) is 2.14. The highest BCUT2D eigenvalue weighted by Crippen LogP contribution is 2.29. The average Bonchev–Trinajstić information content (AvgIpc) is 3.05. The van der Waals surface area contributed by atoms with E-state index in [1.807, 2.05) is 0 Å². The van der Waals surface area contributed by atoms with E-state index < -0.39 is 10.0 Å². The van der Waals surface area contributed by atoms with Crippen molar-refractivity contribution in [2.75, 3.05) is 33.4 Å². The molecule has 0 saturated carbocycles. The van der Waals surface area contributed by atoms with Crippen molar-refractivity contribution >= 4 is 10.0 Å². The van der Waals surface area contributed by atoms with Crippen molar-refractivity contribution in [3.8, 4) is 11.6 Å². The van der Waals surface area contributed by atoms with Gasteiger partial charge >= 0.3 is 0 Å². The largest absolute Gasteiger partial charge is 0.497 e. The third-order valence-corrected chi connectivity index (χ3v) is 7.82. The number of fused-ring (bicyclic) bond motifs is 1. The van der Waals surface area contributed by atoms with Crippen molar-refractivity contribution in [3.63, 3.8) is 0 Å². The minimum absolute atomic E-state index is 0.0880. The Morgan fingerprint density at radius 2 is 1.88 bits per heavy atom. The molecular weight excluding hydrogens is 430 g/mol. The van der Waals surface area contributed by atoms with Gasteiger partial charge in [-0.25, -0.2) is 13.4 Å². The van der Waals surface area contributed by atoms with E-state index in [0.717, 1.165) is 29.9 Å². The molecule has 4 rings (SSSR count). The highest BCUT2D eigenvalue weighted by molar-refractivity contribution is 7.89. The van der Waals surface area contributed by atoms with Crippen molar-refractivity contribution in [1.82, 2.24) is 14.3 Å². The normalized spacial score (nSPS) is 18.2. The van der Waals surface area contributed by atoms with E-state index in [0.29, 0.717) is 50.8 Å². The molecule has 1 aromatic carbocycles. The van der Waals surface area contributed by atoms with E-state index in [9.17, 15) is 8.42 Å². The van der Waals surface area contributed by atoms with E-state index in [1.54, 1.807) is 24.3 Å². The molecule has 0 aliphatic carbocycles. The van der Waals surface area contributed by atoms with Gasteiger partial charge in [0.15, 0.2) is 0 Å². The van der Waals surface area contributed by atoms with Gasteiger partial charge in [0.25, 0.3) is 0 Å². The zero-order valence-corrected chi connectivity index (χ0v) is 19.7. The number of piperidine rings is 1. The Morgan fingerprint density at radius 1 is 1.12 bits per heavy atom. The quantitative estimate of drug-likeness (QED) is 0.653. The van der Waals surface area contributed by atoms with Gasteiger partial charge in [-0.05, 0) is 25.0 Å². The molecule has 2 aromatic rings. The van der Waals surface area contributed by atoms with Crippen LogP contribution in [0.2, 0.25) is 0 Å². The van der Waals surface area contributed by atoms with Gasteiger partial charge in [-0.15, -0.1) is 0 Å². The van der Waals surface area contributed by atoms with Crippen LogP contribution in [0.5, 0.6) is 11.6 Å². The van der Waals surface area contributed by atoms with Crippen LogP contribution in [-0.2, 0) is 27.6 Å². The lowest BCUT2D eigenvalue weighted by molar-refractivity contribution is 0.126. The summed E-state index contributed by atoms with van der Waals surface area (Å²) in [5.41, 5.74) is 2.03. The molecule has 32 heavy (non-hydrogen) atoms. The first-order valence-corrected chi connectivity index (χ1v) is 12.6. The van der Waals surface area contributed by atoms with Crippen LogP contribution in [0.1, 0.15) is 49.7 Å². The maximum absolute atomic E-state index is 13.1. The predicted molar refractivity (Wildman–Crippen MR) is 120 cm³/mol. The molecule has 8 nitrogen and oxygen atoms in total. The van der Waals surface area contributed by atoms with E-state index in [4.69, 9.17) is 24.2 Å². The van der Waals surface area contributed by atoms with Gasteiger partial charge in [-0.2, -0.15) is 9.29 Å². The van der Waals surface area contributed by atoms with Crippen LogP contribution < -0.4 is 9.47 Å². The zero-order chi connectivity index (χ0) is 22.7. The molecule has 2 aliphatic heterocycles. The molecule has 3 heterocycles. The SMILES string of the molecule is COc1cccc(S(=O)(=O)N2CCC(Oc3nc(C(C)C)nc4c3CCOCC4)CC2)c1. The monoisotopic (exact) mass is 461 g/mol. The van der Waals surface area contributed by atoms with Crippen LogP contribution in [-0.4, -0.2) is 62.2 Å². The van der Waals surface area contributed by atoms with E-state index in [1.165, 1.54) is 11.4 Å². The highest BCUT2D eigenvalue weighted by atomic mass is 32.2. The predicted octanol–water partition coefficient (Wildman–Crippen LogP) is 2.96. The number of nitrogens with zero attached hydrogens (tertiary/aromatic N) is 3. The van der Waals surface area contributed by atoms with Crippen LogP contribution in [0.4, 0.5) is 0 Å². The third kappa shape index (κ3) is 4.89. The molecule has 0 bridgehead atoms. The lowest BCUT2D eigenvalue weighted by atomic mass is 10.1. The molecular formula is C23H31N3O5S. The van der Waals surface area contributed by atoms with Gasteiger partial charge < -0.3 is 14.2 Å². The molecule has 174 valence electrons. The summed E-state index contributed by atoms with van der Waals surface area (Å²) in [7, 11) is -2.05. The molecule has 1 saturated heterocycles. The number of hydrogen-bond donors (Lipinski definition) is 0. The standard InChI is InChI=1S/C23H31N3O5S/c1-16(2)22-24-21-10-14-30-13-9-20(21)23(25-22)31-17-7-11-26(12-8-17)32(27,28)19-6-4-5-18(15-19)29-3/h4-6,15-17H,7-14H2,1-3H3. The Labute approximate surface area is 190 Å². The summed E-state index contributed by atoms with van der Waals surface area (Å²) in [4.78, 5) is 9.72. The molecule has 0 amide bonds. The fraction of sp³-hybridized carbons (Fsp3) is 0.565. The molecule has 1 aromatic heterocycles. The number of sulfonamides is 1. The topological polar surface area (TPSA) is 90.9 Å². The van der Waals surface area contributed by atoms with Crippen molar-refractivity contribution in [3.05, 3.63) is 41.3 Å². The van der Waals surface area contributed by atoms with E-state index in [-0.39, 0.29) is 16.9 Å². The lowest BCUT2D eigenvalue weighted by Crippen LogP contribution is -2.41. The molecule has 9 heteroatoms. The molecule has 2 aliphatic rings. The number of rotatable bonds is 6. The number of benzene rings is 1. The Balaban J connectivity index is 1.48. The summed E-state index contributed by atoms with van der Waals surface area (Å²) in [6.07, 6.45) is 2.61. The molecule has 1 fully saturated rings. The maximum Gasteiger partial charge on any atom is 0.243 e. The van der Waals surface area contributed by atoms with Gasteiger partial charge in [-0.1, -0.05) is 19.9 Å². The molecule has 0 atom stereocenters. The maximum atomic E-state index is 13.1. The van der Waals surface area contributed by atoms with Crippen LogP contribution in [0.25, 0.3) is 0 Å². The Morgan fingerprint density at radius 3 is 2.59 bits per heavy atom. The van der Waals surface area contributed by atoms with Crippen molar-refractivity contribution in [1.29, 1.82) is 0 Å². The Kier molecular flexibility index (Phi) is 6.97. The minimum Gasteiger partial charge on any atom is -0.497 e. The first-order valence-electron chi connectivity index (χ1n) is 11.2. The summed E-state index contributed by atoms with van der Waals surface area (Å²) in [5, 5.41) is 0. The first kappa shape index (κ1) is 22.9. The smallest absolute Gasteiger partial charge is 0.243 e. The lowest BCUT2D eigenvalue weighted by Gasteiger charge is -2.31. The second-order valence-electron chi connectivity index (χ2n) is 8.48. The number of methoxy groups -OCH3 is 1. The fourth-order valence-corrected chi connectivity index (χ4v) is 5.55. The average molecular weight is 462 g/mol. The molecule has 0 spiro atoms. The summed E-state index contributed by atoms with van der Waals surface area (Å²) in [6.45, 7) is 6.23. The van der Waals surface area contributed by atoms with E-state index in [2.05, 4.69) is 13.8 Å². The second-order valence-corrected chi connectivity index (χ2v) is 10.4. The minimum atomic E-state index is -3.57. The number of ether oxygens (including phenoxy) is 3. The van der Waals surface area contributed by atoms with E-state index >= 15 is 0 Å². The second kappa shape index (κ2) is 9.72. The van der Waals surface area contributed by atoms with Gasteiger partial charge in [0, 0.05) is 43.5 Å². The van der Waals surface area contributed by atoms with Crippen LogP contribution >= 0.6 is 0 Å². The van der Waals surface area contributed by atoms with Crippen molar-refractivity contribution < 1.29 is 22.6 Å².